The second kappa shape index (κ2) is 10.6. The number of carbonyl (C=O) groups is 4. The molecule has 11 heteroatoms. The van der Waals surface area contributed by atoms with E-state index in [0.717, 1.165) is 32.1 Å². The highest BCUT2D eigenvalue weighted by Gasteiger charge is 2.35. The summed E-state index contributed by atoms with van der Waals surface area (Å²) in [5, 5.41) is 4.20. The Morgan fingerprint density at radius 1 is 1.17 bits per heavy atom. The van der Waals surface area contributed by atoms with E-state index in [0.29, 0.717) is 17.7 Å². The first-order valence-corrected chi connectivity index (χ1v) is 12.1. The molecule has 0 radical (unpaired) electrons. The lowest BCUT2D eigenvalue weighted by atomic mass is 10.1. The minimum atomic E-state index is -1.02. The molecule has 2 aromatic carbocycles. The average Bonchev–Trinajstić information content (AvgIpc) is 3.54. The molecule has 10 nitrogen and oxygen atoms in total. The molecule has 0 aliphatic heterocycles. The van der Waals surface area contributed by atoms with Crippen LogP contribution < -0.4 is 11.3 Å². The minimum Gasteiger partial charge on any atom is -0.301 e. The van der Waals surface area contributed by atoms with Gasteiger partial charge < -0.3 is 4.79 Å². The number of hydrogen-bond donors (Lipinski definition) is 2. The molecule has 3 N–H and O–H groups in total. The molecule has 0 bridgehead atoms. The van der Waals surface area contributed by atoms with Crippen molar-refractivity contribution in [2.45, 2.75) is 32.7 Å². The van der Waals surface area contributed by atoms with E-state index in [4.69, 9.17) is 5.84 Å². The Bertz CT molecular complexity index is 1450. The molecule has 0 spiro atoms. The van der Waals surface area contributed by atoms with Crippen molar-refractivity contribution < 1.29 is 19.2 Å². The first-order chi connectivity index (χ1) is 17.4. The van der Waals surface area contributed by atoms with Gasteiger partial charge in [-0.15, -0.1) is 11.3 Å². The number of hydrogen-bond acceptors (Lipinski definition) is 8. The van der Waals surface area contributed by atoms with E-state index in [1.165, 1.54) is 18.3 Å². The maximum atomic E-state index is 13.6. The minimum absolute atomic E-state index is 0.0380. The molecule has 2 aromatic heterocycles. The lowest BCUT2D eigenvalue weighted by Crippen LogP contribution is -2.46. The van der Waals surface area contributed by atoms with E-state index in [9.17, 15) is 19.2 Å². The van der Waals surface area contributed by atoms with Crippen molar-refractivity contribution in [2.75, 3.05) is 0 Å². The van der Waals surface area contributed by atoms with Crippen LogP contribution in [-0.2, 0) is 4.79 Å². The van der Waals surface area contributed by atoms with Crippen molar-refractivity contribution in [2.24, 2.45) is 5.84 Å². The third-order valence-electron chi connectivity index (χ3n) is 5.81. The second-order valence-corrected chi connectivity index (χ2v) is 8.89. The Balaban J connectivity index is 1.73. The predicted octanol–water partition coefficient (Wildman–Crippen LogP) is 3.55. The summed E-state index contributed by atoms with van der Waals surface area (Å²) in [5.74, 6) is 3.67. The van der Waals surface area contributed by atoms with Crippen LogP contribution in [0.3, 0.4) is 0 Å². The number of benzene rings is 2. The molecule has 4 rings (SSSR count). The number of rotatable bonds is 7. The third-order valence-corrected chi connectivity index (χ3v) is 6.68. The van der Waals surface area contributed by atoms with Crippen LogP contribution in [0, 0.1) is 6.92 Å². The Hall–Kier alpha value is -4.22. The number of nitrogen functional groups attached to an aromatic ring is 1. The van der Waals surface area contributed by atoms with Crippen LogP contribution in [0.4, 0.5) is 4.79 Å². The van der Waals surface area contributed by atoms with Crippen LogP contribution in [0.25, 0.3) is 21.3 Å². The normalized spacial score (nSPS) is 11.8. The van der Waals surface area contributed by atoms with Crippen molar-refractivity contribution >= 4 is 46.2 Å². The molecule has 36 heavy (non-hydrogen) atoms. The van der Waals surface area contributed by atoms with E-state index >= 15 is 0 Å². The van der Waals surface area contributed by atoms with Gasteiger partial charge in [-0.25, -0.2) is 20.6 Å². The molecule has 0 saturated heterocycles. The summed E-state index contributed by atoms with van der Waals surface area (Å²) < 4.78 is 1.05. The summed E-state index contributed by atoms with van der Waals surface area (Å²) in [4.78, 5) is 60.4. The summed E-state index contributed by atoms with van der Waals surface area (Å²) in [6.07, 6.45) is 2.52. The molecule has 0 aliphatic rings. The van der Waals surface area contributed by atoms with Gasteiger partial charge in [-0.2, -0.15) is 0 Å². The van der Waals surface area contributed by atoms with Gasteiger partial charge in [0.25, 0.3) is 11.8 Å². The Morgan fingerprint density at radius 2 is 1.92 bits per heavy atom. The maximum absolute atomic E-state index is 13.6. The molecule has 2 heterocycles. The van der Waals surface area contributed by atoms with E-state index in [-0.39, 0.29) is 23.5 Å². The first kappa shape index (κ1) is 24.9. The van der Waals surface area contributed by atoms with Gasteiger partial charge in [-0.3, -0.25) is 24.5 Å². The number of imide groups is 1. The fourth-order valence-electron chi connectivity index (χ4n) is 3.99. The van der Waals surface area contributed by atoms with Gasteiger partial charge >= 0.3 is 6.03 Å². The van der Waals surface area contributed by atoms with Crippen molar-refractivity contribution in [1.82, 2.24) is 24.9 Å². The highest BCUT2D eigenvalue weighted by atomic mass is 32.1. The second-order valence-electron chi connectivity index (χ2n) is 8.04. The topological polar surface area (TPSA) is 140 Å². The number of nitrogens with zero attached hydrogens (tertiary/aromatic N) is 4. The van der Waals surface area contributed by atoms with Gasteiger partial charge in [-0.05, 0) is 24.1 Å². The molecule has 0 fully saturated rings. The quantitative estimate of drug-likeness (QED) is 0.129. The zero-order valence-corrected chi connectivity index (χ0v) is 20.5. The molecule has 3 amide bonds. The maximum Gasteiger partial charge on any atom is 0.341 e. The molecular formula is C25H24N6O4S. The van der Waals surface area contributed by atoms with Gasteiger partial charge in [0.05, 0.1) is 11.7 Å². The van der Waals surface area contributed by atoms with Gasteiger partial charge in [0, 0.05) is 10.9 Å². The highest BCUT2D eigenvalue weighted by molar-refractivity contribution is 7.13. The zero-order chi connectivity index (χ0) is 25.8. The monoisotopic (exact) mass is 504 g/mol. The van der Waals surface area contributed by atoms with Gasteiger partial charge in [0.15, 0.2) is 0 Å². The average molecular weight is 505 g/mol. The molecule has 1 atom stereocenters. The Kier molecular flexibility index (Phi) is 7.32. The van der Waals surface area contributed by atoms with Gasteiger partial charge in [-0.1, -0.05) is 55.8 Å². The van der Waals surface area contributed by atoms with Crippen molar-refractivity contribution in [3.63, 3.8) is 0 Å². The molecule has 0 saturated carbocycles. The van der Waals surface area contributed by atoms with Crippen molar-refractivity contribution in [3.8, 4) is 10.6 Å². The fraction of sp³-hybridized carbons (Fsp3) is 0.200. The lowest BCUT2D eigenvalue weighted by molar-refractivity contribution is -0.111. The van der Waals surface area contributed by atoms with Crippen LogP contribution in [-0.4, -0.2) is 49.6 Å². The summed E-state index contributed by atoms with van der Waals surface area (Å²) in [6.45, 7) is 3.34. The standard InChI is InChI=1S/C25H24N6O4S/c1-3-7-17(12-32)31(24(34)21-15(2)30(14-27-21)25(35)29-26)23(33)20-13-36-22(28-20)19-11-6-9-16-8-4-5-10-18(16)19/h4-6,8-14,17H,3,7,26H2,1-2H3,(H,29,35)/t17-/m0/s1. The van der Waals surface area contributed by atoms with Gasteiger partial charge in [0.2, 0.25) is 0 Å². The van der Waals surface area contributed by atoms with E-state index in [1.54, 1.807) is 5.38 Å². The van der Waals surface area contributed by atoms with Crippen LogP contribution >= 0.6 is 11.3 Å². The number of imidazole rings is 1. The van der Waals surface area contributed by atoms with E-state index < -0.39 is 23.9 Å². The highest BCUT2D eigenvalue weighted by Crippen LogP contribution is 2.31. The SMILES string of the molecule is CCC[C@@H](C=O)N(C(=O)c1csc(-c2cccc3ccccc23)n1)C(=O)c1ncn(C(=O)NN)c1C. The number of aldehydes is 1. The number of amides is 3. The summed E-state index contributed by atoms with van der Waals surface area (Å²) in [6, 6.07) is 11.9. The number of fused-ring (bicyclic) bond motifs is 1. The van der Waals surface area contributed by atoms with Crippen LogP contribution in [0.1, 0.15) is 46.4 Å². The summed E-state index contributed by atoms with van der Waals surface area (Å²) in [7, 11) is 0. The number of nitrogens with two attached hydrogens (primary N) is 1. The van der Waals surface area contributed by atoms with Crippen LogP contribution in [0.5, 0.6) is 0 Å². The summed E-state index contributed by atoms with van der Waals surface area (Å²) in [5.41, 5.74) is 2.90. The molecule has 0 aliphatic carbocycles. The van der Waals surface area contributed by atoms with Crippen LogP contribution in [0.2, 0.25) is 0 Å². The number of hydrazine groups is 1. The van der Waals surface area contributed by atoms with E-state index in [1.807, 2.05) is 54.8 Å². The Morgan fingerprint density at radius 3 is 2.64 bits per heavy atom. The predicted molar refractivity (Wildman–Crippen MR) is 135 cm³/mol. The molecule has 0 unspecified atom stereocenters. The number of aromatic nitrogens is 3. The largest absolute Gasteiger partial charge is 0.341 e. The molecule has 4 aromatic rings. The van der Waals surface area contributed by atoms with Crippen molar-refractivity contribution in [1.29, 1.82) is 0 Å². The Labute approximate surface area is 210 Å². The molecular weight excluding hydrogens is 480 g/mol. The number of carbonyl (C=O) groups excluding carboxylic acids is 4. The smallest absolute Gasteiger partial charge is 0.301 e. The number of nitrogens with one attached hydrogen (secondary N) is 1. The fourth-order valence-corrected chi connectivity index (χ4v) is 4.82. The lowest BCUT2D eigenvalue weighted by Gasteiger charge is -2.25. The van der Waals surface area contributed by atoms with Crippen LogP contribution in [0.15, 0.2) is 54.2 Å². The number of thiazole rings is 1. The molecule has 184 valence electrons. The summed E-state index contributed by atoms with van der Waals surface area (Å²) >= 11 is 1.27. The first-order valence-electron chi connectivity index (χ1n) is 11.2. The van der Waals surface area contributed by atoms with E-state index in [2.05, 4.69) is 9.97 Å². The zero-order valence-electron chi connectivity index (χ0n) is 19.7. The third kappa shape index (κ3) is 4.53. The van der Waals surface area contributed by atoms with Crippen molar-refractivity contribution in [3.05, 3.63) is 71.3 Å². The van der Waals surface area contributed by atoms with Gasteiger partial charge in [0.1, 0.15) is 29.0 Å².